The molecule has 0 spiro atoms. The number of esters is 1. The van der Waals surface area contributed by atoms with Gasteiger partial charge in [0.25, 0.3) is 5.91 Å². The number of hydrogen-bond donors (Lipinski definition) is 1. The highest BCUT2D eigenvalue weighted by molar-refractivity contribution is 7.89. The molecule has 28 heavy (non-hydrogen) atoms. The molecule has 0 unspecified atom stereocenters. The van der Waals surface area contributed by atoms with Crippen molar-refractivity contribution in [2.24, 2.45) is 0 Å². The van der Waals surface area contributed by atoms with E-state index in [0.717, 1.165) is 4.31 Å². The molecule has 0 bridgehead atoms. The molecule has 0 fully saturated rings. The molecule has 8 nitrogen and oxygen atoms in total. The Bertz CT molecular complexity index is 986. The predicted molar refractivity (Wildman–Crippen MR) is 104 cm³/mol. The lowest BCUT2D eigenvalue weighted by molar-refractivity contribution is -0.119. The summed E-state index contributed by atoms with van der Waals surface area (Å²) in [5.41, 5.74) is 1.25. The molecule has 2 aromatic rings. The van der Waals surface area contributed by atoms with Crippen LogP contribution in [-0.2, 0) is 19.6 Å². The number of nitrogens with one attached hydrogen (secondary N) is 1. The maximum absolute atomic E-state index is 12.2. The molecule has 1 N–H and O–H groups in total. The molecule has 0 saturated heterocycles. The molecule has 0 aliphatic rings. The Hall–Kier alpha value is -2.91. The van der Waals surface area contributed by atoms with Crippen molar-refractivity contribution in [1.82, 2.24) is 4.31 Å². The van der Waals surface area contributed by atoms with Gasteiger partial charge in [-0.2, -0.15) is 0 Å². The number of benzene rings is 2. The molecule has 0 aliphatic carbocycles. The number of ether oxygens (including phenoxy) is 2. The quantitative estimate of drug-likeness (QED) is 0.706. The first-order chi connectivity index (χ1) is 13.1. The van der Waals surface area contributed by atoms with Crippen LogP contribution in [0.25, 0.3) is 0 Å². The summed E-state index contributed by atoms with van der Waals surface area (Å²) in [5, 5.41) is 2.57. The van der Waals surface area contributed by atoms with Crippen molar-refractivity contribution in [2.75, 3.05) is 33.1 Å². The standard InChI is InChI=1S/C19H22N2O6S/c1-13-8-9-16(28(24,25)21(2)3)11-17(13)20-18(22)12-27-19(23)14-6-5-7-15(10-14)26-4/h5-11H,12H2,1-4H3,(H,20,22). The maximum Gasteiger partial charge on any atom is 0.338 e. The smallest absolute Gasteiger partial charge is 0.338 e. The van der Waals surface area contributed by atoms with Crippen LogP contribution < -0.4 is 10.1 Å². The molecule has 0 radical (unpaired) electrons. The Labute approximate surface area is 164 Å². The number of carbonyl (C=O) groups is 2. The minimum Gasteiger partial charge on any atom is -0.497 e. The summed E-state index contributed by atoms with van der Waals surface area (Å²) in [6, 6.07) is 10.8. The van der Waals surface area contributed by atoms with Crippen molar-refractivity contribution in [1.29, 1.82) is 0 Å². The molecule has 2 rings (SSSR count). The average Bonchev–Trinajstić information content (AvgIpc) is 2.67. The number of hydrogen-bond acceptors (Lipinski definition) is 6. The summed E-state index contributed by atoms with van der Waals surface area (Å²) in [6.45, 7) is 1.21. The second kappa shape index (κ2) is 8.85. The van der Waals surface area contributed by atoms with Crippen LogP contribution in [0, 0.1) is 6.92 Å². The van der Waals surface area contributed by atoms with Crippen molar-refractivity contribution < 1.29 is 27.5 Å². The summed E-state index contributed by atoms with van der Waals surface area (Å²) in [7, 11) is 0.686. The first-order valence-electron chi connectivity index (χ1n) is 8.29. The SMILES string of the molecule is COc1cccc(C(=O)OCC(=O)Nc2cc(S(=O)(=O)N(C)C)ccc2C)c1. The molecule has 0 atom stereocenters. The summed E-state index contributed by atoms with van der Waals surface area (Å²) >= 11 is 0. The van der Waals surface area contributed by atoms with Gasteiger partial charge < -0.3 is 14.8 Å². The minimum absolute atomic E-state index is 0.0479. The van der Waals surface area contributed by atoms with Crippen molar-refractivity contribution >= 4 is 27.6 Å². The van der Waals surface area contributed by atoms with Crippen LogP contribution in [0.5, 0.6) is 5.75 Å². The Morgan fingerprint density at radius 1 is 1.11 bits per heavy atom. The molecule has 0 saturated carbocycles. The second-order valence-electron chi connectivity index (χ2n) is 6.12. The van der Waals surface area contributed by atoms with E-state index in [1.165, 1.54) is 39.4 Å². The zero-order valence-corrected chi connectivity index (χ0v) is 16.9. The lowest BCUT2D eigenvalue weighted by atomic mass is 10.2. The van der Waals surface area contributed by atoms with E-state index in [2.05, 4.69) is 5.32 Å². The minimum atomic E-state index is -3.64. The highest BCUT2D eigenvalue weighted by Gasteiger charge is 2.19. The Kier molecular flexibility index (Phi) is 6.76. The Morgan fingerprint density at radius 3 is 2.46 bits per heavy atom. The zero-order valence-electron chi connectivity index (χ0n) is 16.1. The summed E-state index contributed by atoms with van der Waals surface area (Å²) in [6.07, 6.45) is 0. The third kappa shape index (κ3) is 5.08. The van der Waals surface area contributed by atoms with E-state index in [-0.39, 0.29) is 10.5 Å². The maximum atomic E-state index is 12.2. The van der Waals surface area contributed by atoms with Crippen LogP contribution in [-0.4, -0.2) is 52.4 Å². The van der Waals surface area contributed by atoms with Gasteiger partial charge in [0.05, 0.1) is 17.6 Å². The number of rotatable bonds is 7. The molecule has 0 aliphatic heterocycles. The van der Waals surface area contributed by atoms with Gasteiger partial charge >= 0.3 is 5.97 Å². The van der Waals surface area contributed by atoms with Crippen molar-refractivity contribution in [2.45, 2.75) is 11.8 Å². The summed E-state index contributed by atoms with van der Waals surface area (Å²) in [4.78, 5) is 24.2. The topological polar surface area (TPSA) is 102 Å². The molecular formula is C19H22N2O6S. The van der Waals surface area contributed by atoms with Gasteiger partial charge in [-0.05, 0) is 42.8 Å². The summed E-state index contributed by atoms with van der Waals surface area (Å²) in [5.74, 6) is -0.762. The third-order valence-corrected chi connectivity index (χ3v) is 5.71. The second-order valence-corrected chi connectivity index (χ2v) is 8.27. The van der Waals surface area contributed by atoms with Gasteiger partial charge in [0.2, 0.25) is 10.0 Å². The number of methoxy groups -OCH3 is 1. The third-order valence-electron chi connectivity index (χ3n) is 3.90. The number of sulfonamides is 1. The van der Waals surface area contributed by atoms with Crippen LogP contribution in [0.2, 0.25) is 0 Å². The van der Waals surface area contributed by atoms with Crippen LogP contribution in [0.3, 0.4) is 0 Å². The van der Waals surface area contributed by atoms with Gasteiger partial charge in [-0.15, -0.1) is 0 Å². The molecule has 1 amide bonds. The van der Waals surface area contributed by atoms with Gasteiger partial charge in [0.1, 0.15) is 5.75 Å². The zero-order chi connectivity index (χ0) is 20.9. The molecule has 2 aromatic carbocycles. The van der Waals surface area contributed by atoms with Gasteiger partial charge in [-0.3, -0.25) is 4.79 Å². The molecular weight excluding hydrogens is 384 g/mol. The van der Waals surface area contributed by atoms with Crippen LogP contribution in [0.15, 0.2) is 47.4 Å². The molecule has 9 heteroatoms. The van der Waals surface area contributed by atoms with Gasteiger partial charge in [0.15, 0.2) is 6.61 Å². The lowest BCUT2D eigenvalue weighted by Gasteiger charge is -2.14. The Balaban J connectivity index is 2.06. The number of nitrogens with zero attached hydrogens (tertiary/aromatic N) is 1. The van der Waals surface area contributed by atoms with E-state index < -0.39 is 28.5 Å². The molecule has 0 heterocycles. The highest BCUT2D eigenvalue weighted by Crippen LogP contribution is 2.22. The monoisotopic (exact) mass is 406 g/mol. The first-order valence-corrected chi connectivity index (χ1v) is 9.73. The van der Waals surface area contributed by atoms with Crippen molar-refractivity contribution in [3.05, 3.63) is 53.6 Å². The predicted octanol–water partition coefficient (Wildman–Crippen LogP) is 2.05. The van der Waals surface area contributed by atoms with E-state index in [1.807, 2.05) is 0 Å². The Morgan fingerprint density at radius 2 is 1.82 bits per heavy atom. The fourth-order valence-electron chi connectivity index (χ4n) is 2.26. The molecule has 150 valence electrons. The summed E-state index contributed by atoms with van der Waals surface area (Å²) < 4.78 is 35.6. The lowest BCUT2D eigenvalue weighted by Crippen LogP contribution is -2.23. The van der Waals surface area contributed by atoms with Gasteiger partial charge in [-0.25, -0.2) is 17.5 Å². The van der Waals surface area contributed by atoms with Crippen LogP contribution in [0.1, 0.15) is 15.9 Å². The van der Waals surface area contributed by atoms with Gasteiger partial charge in [-0.1, -0.05) is 12.1 Å². The van der Waals surface area contributed by atoms with E-state index in [9.17, 15) is 18.0 Å². The number of anilines is 1. The largest absolute Gasteiger partial charge is 0.497 e. The van der Waals surface area contributed by atoms with E-state index in [1.54, 1.807) is 31.2 Å². The van der Waals surface area contributed by atoms with Crippen LogP contribution in [0.4, 0.5) is 5.69 Å². The normalized spacial score (nSPS) is 11.2. The first kappa shape index (κ1) is 21.4. The number of aryl methyl sites for hydroxylation is 1. The van der Waals surface area contributed by atoms with Crippen molar-refractivity contribution in [3.63, 3.8) is 0 Å². The molecule has 0 aromatic heterocycles. The van der Waals surface area contributed by atoms with Gasteiger partial charge in [0, 0.05) is 19.8 Å². The van der Waals surface area contributed by atoms with Crippen LogP contribution >= 0.6 is 0 Å². The fraction of sp³-hybridized carbons (Fsp3) is 0.263. The van der Waals surface area contributed by atoms with E-state index >= 15 is 0 Å². The van der Waals surface area contributed by atoms with E-state index in [4.69, 9.17) is 9.47 Å². The van der Waals surface area contributed by atoms with Crippen molar-refractivity contribution in [3.8, 4) is 5.75 Å². The fourth-order valence-corrected chi connectivity index (χ4v) is 3.19. The van der Waals surface area contributed by atoms with E-state index in [0.29, 0.717) is 17.0 Å². The highest BCUT2D eigenvalue weighted by atomic mass is 32.2. The average molecular weight is 406 g/mol. The number of carbonyl (C=O) groups excluding carboxylic acids is 2. The number of amides is 1.